The van der Waals surface area contributed by atoms with E-state index in [1.165, 1.54) is 6.07 Å². The Bertz CT molecular complexity index is 838. The molecule has 0 radical (unpaired) electrons. The highest BCUT2D eigenvalue weighted by molar-refractivity contribution is 6.31. The number of piperazine rings is 1. The van der Waals surface area contributed by atoms with E-state index < -0.39 is 11.6 Å². The smallest absolute Gasteiger partial charge is 0.224 e. The van der Waals surface area contributed by atoms with Crippen LogP contribution < -0.4 is 10.2 Å². The molecule has 0 aromatic heterocycles. The number of amides is 1. The zero-order chi connectivity index (χ0) is 20.1. The minimum Gasteiger partial charge on any atom is -0.367 e. The molecule has 0 aliphatic carbocycles. The number of aryl methyl sites for hydroxylation is 1. The van der Waals surface area contributed by atoms with Crippen molar-refractivity contribution in [2.45, 2.75) is 19.8 Å². The van der Waals surface area contributed by atoms with Crippen LogP contribution in [0.3, 0.4) is 0 Å². The van der Waals surface area contributed by atoms with Crippen molar-refractivity contribution in [2.75, 3.05) is 42.9 Å². The number of nitrogens with one attached hydrogen (secondary N) is 1. The number of hydrogen-bond acceptors (Lipinski definition) is 3. The molecule has 0 atom stereocenters. The van der Waals surface area contributed by atoms with E-state index in [1.807, 2.05) is 12.1 Å². The topological polar surface area (TPSA) is 35.6 Å². The third-order valence-corrected chi connectivity index (χ3v) is 5.25. The SMILES string of the molecule is CCN1CCN(c2ccc(Cl)cc2NC(=O)CCc2ccc(F)c(F)c2)CC1. The van der Waals surface area contributed by atoms with Crippen LogP contribution >= 0.6 is 11.6 Å². The zero-order valence-electron chi connectivity index (χ0n) is 15.9. The van der Waals surface area contributed by atoms with Gasteiger partial charge < -0.3 is 15.1 Å². The van der Waals surface area contributed by atoms with Gasteiger partial charge in [-0.15, -0.1) is 0 Å². The van der Waals surface area contributed by atoms with Crippen LogP contribution in [0.2, 0.25) is 5.02 Å². The van der Waals surface area contributed by atoms with E-state index in [9.17, 15) is 13.6 Å². The molecule has 1 fully saturated rings. The monoisotopic (exact) mass is 407 g/mol. The van der Waals surface area contributed by atoms with Crippen molar-refractivity contribution >= 4 is 28.9 Å². The van der Waals surface area contributed by atoms with Crippen molar-refractivity contribution in [3.05, 3.63) is 58.6 Å². The molecule has 4 nitrogen and oxygen atoms in total. The van der Waals surface area contributed by atoms with Crippen LogP contribution in [0.4, 0.5) is 20.2 Å². The van der Waals surface area contributed by atoms with Gasteiger partial charge in [-0.05, 0) is 48.9 Å². The molecule has 28 heavy (non-hydrogen) atoms. The Kier molecular flexibility index (Phi) is 6.86. The lowest BCUT2D eigenvalue weighted by molar-refractivity contribution is -0.116. The summed E-state index contributed by atoms with van der Waals surface area (Å²) in [7, 11) is 0. The number of carbonyl (C=O) groups is 1. The molecular weight excluding hydrogens is 384 g/mol. The molecule has 0 unspecified atom stereocenters. The van der Waals surface area contributed by atoms with Gasteiger partial charge in [0, 0.05) is 37.6 Å². The van der Waals surface area contributed by atoms with Gasteiger partial charge in [0.05, 0.1) is 11.4 Å². The van der Waals surface area contributed by atoms with Gasteiger partial charge in [0.15, 0.2) is 11.6 Å². The maximum atomic E-state index is 13.3. The largest absolute Gasteiger partial charge is 0.367 e. The number of halogens is 3. The average Bonchev–Trinajstić information content (AvgIpc) is 2.69. The molecule has 1 amide bonds. The number of benzene rings is 2. The summed E-state index contributed by atoms with van der Waals surface area (Å²) in [5.74, 6) is -1.98. The van der Waals surface area contributed by atoms with E-state index in [-0.39, 0.29) is 12.3 Å². The van der Waals surface area contributed by atoms with Crippen molar-refractivity contribution in [1.29, 1.82) is 0 Å². The maximum absolute atomic E-state index is 13.3. The second-order valence-corrected chi connectivity index (χ2v) is 7.32. The molecule has 0 bridgehead atoms. The number of carbonyl (C=O) groups excluding carboxylic acids is 1. The van der Waals surface area contributed by atoms with Crippen LogP contribution in [0, 0.1) is 11.6 Å². The number of rotatable bonds is 6. The van der Waals surface area contributed by atoms with E-state index in [1.54, 1.807) is 6.07 Å². The molecule has 1 N–H and O–H groups in total. The Morgan fingerprint density at radius 3 is 2.50 bits per heavy atom. The quantitative estimate of drug-likeness (QED) is 0.774. The van der Waals surface area contributed by atoms with Gasteiger partial charge in [-0.25, -0.2) is 8.78 Å². The van der Waals surface area contributed by atoms with Crippen molar-refractivity contribution < 1.29 is 13.6 Å². The molecule has 7 heteroatoms. The summed E-state index contributed by atoms with van der Waals surface area (Å²) in [5.41, 5.74) is 2.20. The summed E-state index contributed by atoms with van der Waals surface area (Å²) in [6.45, 7) is 6.89. The first-order valence-electron chi connectivity index (χ1n) is 9.47. The van der Waals surface area contributed by atoms with Crippen LogP contribution in [0.15, 0.2) is 36.4 Å². The van der Waals surface area contributed by atoms with Gasteiger partial charge >= 0.3 is 0 Å². The number of nitrogens with zero attached hydrogens (tertiary/aromatic N) is 2. The Morgan fingerprint density at radius 2 is 1.82 bits per heavy atom. The second-order valence-electron chi connectivity index (χ2n) is 6.88. The molecule has 3 rings (SSSR count). The molecule has 1 aliphatic rings. The predicted molar refractivity (Wildman–Crippen MR) is 109 cm³/mol. The van der Waals surface area contributed by atoms with Crippen molar-refractivity contribution in [1.82, 2.24) is 4.90 Å². The summed E-state index contributed by atoms with van der Waals surface area (Å²) < 4.78 is 26.3. The number of anilines is 2. The van der Waals surface area contributed by atoms with E-state index in [4.69, 9.17) is 11.6 Å². The lowest BCUT2D eigenvalue weighted by Gasteiger charge is -2.36. The van der Waals surface area contributed by atoms with Crippen LogP contribution in [-0.2, 0) is 11.2 Å². The summed E-state index contributed by atoms with van der Waals surface area (Å²) in [5, 5.41) is 3.47. The average molecular weight is 408 g/mol. The number of likely N-dealkylation sites (N-methyl/N-ethyl adjacent to an activating group) is 1. The molecule has 1 heterocycles. The summed E-state index contributed by atoms with van der Waals surface area (Å²) in [6.07, 6.45) is 0.495. The lowest BCUT2D eigenvalue weighted by Crippen LogP contribution is -2.46. The Morgan fingerprint density at radius 1 is 1.07 bits per heavy atom. The van der Waals surface area contributed by atoms with E-state index in [2.05, 4.69) is 22.0 Å². The van der Waals surface area contributed by atoms with Crippen LogP contribution in [0.5, 0.6) is 0 Å². The molecule has 2 aromatic carbocycles. The fraction of sp³-hybridized carbons (Fsp3) is 0.381. The first-order valence-corrected chi connectivity index (χ1v) is 9.84. The number of hydrogen-bond donors (Lipinski definition) is 1. The highest BCUT2D eigenvalue weighted by atomic mass is 35.5. The highest BCUT2D eigenvalue weighted by Crippen LogP contribution is 2.30. The maximum Gasteiger partial charge on any atom is 0.224 e. The molecule has 1 aliphatic heterocycles. The van der Waals surface area contributed by atoms with E-state index >= 15 is 0 Å². The van der Waals surface area contributed by atoms with Crippen molar-refractivity contribution in [3.63, 3.8) is 0 Å². The Hall–Kier alpha value is -2.18. The standard InChI is InChI=1S/C21H24ClF2N3O/c1-2-26-9-11-27(12-10-26)20-7-5-16(22)14-19(20)25-21(28)8-4-15-3-6-17(23)18(24)13-15/h3,5-7,13-14H,2,4,8-12H2,1H3,(H,25,28). The lowest BCUT2D eigenvalue weighted by atomic mass is 10.1. The Balaban J connectivity index is 1.65. The molecule has 0 saturated carbocycles. The fourth-order valence-corrected chi connectivity index (χ4v) is 3.53. The van der Waals surface area contributed by atoms with Crippen LogP contribution in [0.25, 0.3) is 0 Å². The van der Waals surface area contributed by atoms with Gasteiger partial charge in [-0.2, -0.15) is 0 Å². The third kappa shape index (κ3) is 5.20. The third-order valence-electron chi connectivity index (χ3n) is 5.02. The van der Waals surface area contributed by atoms with E-state index in [0.717, 1.165) is 50.5 Å². The first-order chi connectivity index (χ1) is 13.5. The second kappa shape index (κ2) is 9.34. The summed E-state index contributed by atoms with van der Waals surface area (Å²) >= 11 is 6.13. The zero-order valence-corrected chi connectivity index (χ0v) is 16.6. The van der Waals surface area contributed by atoms with Crippen LogP contribution in [-0.4, -0.2) is 43.5 Å². The predicted octanol–water partition coefficient (Wildman–Crippen LogP) is 4.33. The molecule has 1 saturated heterocycles. The summed E-state index contributed by atoms with van der Waals surface area (Å²) in [6, 6.07) is 9.19. The van der Waals surface area contributed by atoms with Gasteiger partial charge in [-0.3, -0.25) is 4.79 Å². The molecule has 2 aromatic rings. The molecule has 0 spiro atoms. The molecular formula is C21H24ClF2N3O. The Labute approximate surface area is 169 Å². The fourth-order valence-electron chi connectivity index (χ4n) is 3.35. The van der Waals surface area contributed by atoms with Gasteiger partial charge in [0.25, 0.3) is 0 Å². The van der Waals surface area contributed by atoms with Crippen molar-refractivity contribution in [2.24, 2.45) is 0 Å². The summed E-state index contributed by atoms with van der Waals surface area (Å²) in [4.78, 5) is 17.1. The first kappa shape index (κ1) is 20.6. The molecule has 150 valence electrons. The van der Waals surface area contributed by atoms with Gasteiger partial charge in [-0.1, -0.05) is 24.6 Å². The minimum absolute atomic E-state index is 0.167. The van der Waals surface area contributed by atoms with Crippen molar-refractivity contribution in [3.8, 4) is 0 Å². The normalized spacial score (nSPS) is 14.9. The highest BCUT2D eigenvalue weighted by Gasteiger charge is 2.19. The van der Waals surface area contributed by atoms with Gasteiger partial charge in [0.1, 0.15) is 0 Å². The van der Waals surface area contributed by atoms with Gasteiger partial charge in [0.2, 0.25) is 5.91 Å². The minimum atomic E-state index is -0.902. The van der Waals surface area contributed by atoms with E-state index in [0.29, 0.717) is 22.7 Å². The van der Waals surface area contributed by atoms with Crippen LogP contribution in [0.1, 0.15) is 18.9 Å².